The van der Waals surface area contributed by atoms with E-state index >= 15 is 0 Å². The van der Waals surface area contributed by atoms with Gasteiger partial charge in [-0.05, 0) is 27.2 Å². The summed E-state index contributed by atoms with van der Waals surface area (Å²) in [6.45, 7) is 7.41. The Hall–Kier alpha value is -2.17. The first-order chi connectivity index (χ1) is 17.6. The predicted octanol–water partition coefficient (Wildman–Crippen LogP) is 5.92. The van der Waals surface area contributed by atoms with Crippen LogP contribution in [-0.4, -0.2) is 35.7 Å². The third kappa shape index (κ3) is 5.38. The van der Waals surface area contributed by atoms with Crippen LogP contribution in [-0.2, 0) is 19.1 Å². The molecule has 196 valence electrons. The van der Waals surface area contributed by atoms with E-state index in [9.17, 15) is 9.59 Å². The molecule has 0 unspecified atom stereocenters. The van der Waals surface area contributed by atoms with Crippen molar-refractivity contribution in [2.75, 3.05) is 6.16 Å². The van der Waals surface area contributed by atoms with E-state index in [1.807, 2.05) is 0 Å². The van der Waals surface area contributed by atoms with Crippen molar-refractivity contribution in [2.45, 2.75) is 58.5 Å². The zero-order valence-electron chi connectivity index (χ0n) is 22.0. The van der Waals surface area contributed by atoms with Crippen LogP contribution < -0.4 is 15.9 Å². The van der Waals surface area contributed by atoms with E-state index in [0.29, 0.717) is 12.8 Å². The second-order valence-corrected chi connectivity index (χ2v) is 19.6. The molecule has 3 atom stereocenters. The zero-order valence-corrected chi connectivity index (χ0v) is 24.5. The van der Waals surface area contributed by atoms with Gasteiger partial charge >= 0.3 is 141 Å². The number of fused-ring (bicyclic) bond motifs is 1. The Bertz CT molecular complexity index is 1130. The average Bonchev–Trinajstić information content (AvgIpc) is 3.36. The van der Waals surface area contributed by atoms with E-state index in [0.717, 1.165) is 6.16 Å². The van der Waals surface area contributed by atoms with Gasteiger partial charge in [0.1, 0.15) is 11.9 Å². The fourth-order valence-electron chi connectivity index (χ4n) is 5.62. The minimum absolute atomic E-state index is 0.0285. The van der Waals surface area contributed by atoms with Crippen molar-refractivity contribution >= 4 is 48.3 Å². The third-order valence-corrected chi connectivity index (χ3v) is 17.9. The van der Waals surface area contributed by atoms with E-state index in [1.54, 1.807) is 13.8 Å². The summed E-state index contributed by atoms with van der Waals surface area (Å²) < 4.78 is 11.1. The van der Waals surface area contributed by atoms with Crippen LogP contribution in [0, 0.1) is 5.92 Å². The molecule has 0 spiro atoms. The van der Waals surface area contributed by atoms with Gasteiger partial charge in [0, 0.05) is 12.3 Å². The van der Waals surface area contributed by atoms with Crippen LogP contribution in [0.5, 0.6) is 0 Å². The van der Waals surface area contributed by atoms with Crippen LogP contribution in [0.25, 0.3) is 0 Å². The van der Waals surface area contributed by atoms with Gasteiger partial charge in [-0.3, -0.25) is 4.79 Å². The normalized spacial score (nSPS) is 23.3. The monoisotopic (exact) mass is 582 g/mol. The minimum atomic E-state index is -2.59. The van der Waals surface area contributed by atoms with Crippen molar-refractivity contribution in [1.29, 1.82) is 0 Å². The zero-order chi connectivity index (χ0) is 26.7. The van der Waals surface area contributed by atoms with E-state index < -0.39 is 17.2 Å². The summed E-state index contributed by atoms with van der Waals surface area (Å²) in [5.41, 5.74) is 0. The topological polar surface area (TPSA) is 52.6 Å². The molecule has 0 N–H and O–H groups in total. The number of carbonyl (C=O) groups excluding carboxylic acids is 2. The van der Waals surface area contributed by atoms with Crippen molar-refractivity contribution in [2.24, 2.45) is 5.92 Å². The Labute approximate surface area is 228 Å². The van der Waals surface area contributed by atoms with Gasteiger partial charge in [-0.2, -0.15) is 0 Å². The van der Waals surface area contributed by atoms with Crippen LogP contribution in [0.4, 0.5) is 0 Å². The fraction of sp³-hybridized carbons (Fsp3) is 0.355. The van der Waals surface area contributed by atoms with E-state index in [-0.39, 0.29) is 23.6 Å². The van der Waals surface area contributed by atoms with Crippen LogP contribution in [0.15, 0.2) is 91.0 Å². The van der Waals surface area contributed by atoms with Crippen molar-refractivity contribution in [1.82, 2.24) is 0 Å². The van der Waals surface area contributed by atoms with Crippen molar-refractivity contribution < 1.29 is 19.1 Å². The van der Waals surface area contributed by atoms with E-state index in [1.165, 1.54) is 22.8 Å². The van der Waals surface area contributed by atoms with E-state index in [4.69, 9.17) is 9.47 Å². The molecule has 5 rings (SSSR count). The average molecular weight is 584 g/mol. The first-order valence-corrected chi connectivity index (χ1v) is 17.3. The number of ketones is 2. The predicted molar refractivity (Wildman–Crippen MR) is 157 cm³/mol. The van der Waals surface area contributed by atoms with Gasteiger partial charge in [0.25, 0.3) is 0 Å². The second-order valence-electron chi connectivity index (χ2n) is 10.3. The van der Waals surface area contributed by atoms with Gasteiger partial charge < -0.3 is 14.3 Å². The molecule has 0 aromatic heterocycles. The number of benzene rings is 3. The van der Waals surface area contributed by atoms with Gasteiger partial charge in [-0.15, -0.1) is 0 Å². The molecule has 2 aliphatic rings. The standard InChI is InChI=1S/C20H20BrP.C11H16O4/c1-2-22(21,18-12-6-3-7-13-18,19-14-8-4-9-15-19)20-16-10-5-11-17-20;1-6(12)4-7-5-8-10(9(7)13)15-11(2,3)14-8/h3-17H,2H2,1H3;7-8,10H,4-5H2,1-3H3/t;7-,8-,10-/m.1/s1. The number of hydrogen-bond acceptors (Lipinski definition) is 4. The summed E-state index contributed by atoms with van der Waals surface area (Å²) in [6.07, 6.45) is 1.37. The molecule has 1 saturated heterocycles. The van der Waals surface area contributed by atoms with Gasteiger partial charge in [0.2, 0.25) is 0 Å². The molecule has 3 aromatic carbocycles. The van der Waals surface area contributed by atoms with Crippen molar-refractivity contribution in [3.05, 3.63) is 91.0 Å². The van der Waals surface area contributed by atoms with E-state index in [2.05, 4.69) is 113 Å². The summed E-state index contributed by atoms with van der Waals surface area (Å²) in [5, 5.41) is 1.56. The number of halogens is 1. The molecule has 6 heteroatoms. The van der Waals surface area contributed by atoms with Crippen molar-refractivity contribution in [3.63, 3.8) is 0 Å². The Morgan fingerprint density at radius 1 is 0.865 bits per heavy atom. The summed E-state index contributed by atoms with van der Waals surface area (Å²) in [4.78, 5) is 22.8. The molecule has 0 radical (unpaired) electrons. The third-order valence-electron chi connectivity index (χ3n) is 7.39. The summed E-state index contributed by atoms with van der Waals surface area (Å²) in [6, 6.07) is 32.7. The van der Waals surface area contributed by atoms with Gasteiger partial charge in [0.05, 0.1) is 6.10 Å². The molecule has 2 fully saturated rings. The molecule has 0 amide bonds. The summed E-state index contributed by atoms with van der Waals surface area (Å²) in [7, 11) is 0. The van der Waals surface area contributed by atoms with Gasteiger partial charge in [-0.1, -0.05) is 0 Å². The quantitative estimate of drug-likeness (QED) is 0.338. The van der Waals surface area contributed by atoms with Gasteiger partial charge in [-0.25, -0.2) is 0 Å². The Morgan fingerprint density at radius 2 is 1.30 bits per heavy atom. The molecule has 1 heterocycles. The molecule has 1 aliphatic heterocycles. The maximum atomic E-state index is 11.9. The molecule has 0 bridgehead atoms. The Morgan fingerprint density at radius 3 is 1.65 bits per heavy atom. The number of Topliss-reactive ketones (excluding diaryl/α,β-unsaturated/α-hetero) is 2. The molecule has 3 aromatic rings. The molecule has 4 nitrogen and oxygen atoms in total. The Balaban J connectivity index is 0.000000186. The summed E-state index contributed by atoms with van der Waals surface area (Å²) >= 11 is 4.35. The number of carbonyl (C=O) groups is 2. The fourth-order valence-corrected chi connectivity index (χ4v) is 12.1. The molecular formula is C31H36BrO4P. The first kappa shape index (κ1) is 27.9. The number of ether oxygens (including phenoxy) is 2. The molecule has 37 heavy (non-hydrogen) atoms. The second kappa shape index (κ2) is 10.9. The first-order valence-electron chi connectivity index (χ1n) is 12.9. The molecular weight excluding hydrogens is 547 g/mol. The Kier molecular flexibility index (Phi) is 8.21. The van der Waals surface area contributed by atoms with Crippen LogP contribution in [0.1, 0.15) is 40.5 Å². The van der Waals surface area contributed by atoms with Crippen LogP contribution in [0.2, 0.25) is 0 Å². The SMILES string of the molecule is CC(=O)C[C@@H]1C[C@H]2OC(C)(C)O[C@H]2C1=O.CCP(Br)(c1ccccc1)(c1ccccc1)c1ccccc1. The molecule has 1 saturated carbocycles. The number of rotatable bonds is 6. The van der Waals surface area contributed by atoms with Crippen LogP contribution in [0.3, 0.4) is 0 Å². The molecule has 1 aliphatic carbocycles. The van der Waals surface area contributed by atoms with Gasteiger partial charge in [0.15, 0.2) is 11.6 Å². The maximum absolute atomic E-state index is 11.9. The van der Waals surface area contributed by atoms with Crippen molar-refractivity contribution in [3.8, 4) is 0 Å². The van der Waals surface area contributed by atoms with Crippen LogP contribution >= 0.6 is 20.8 Å². The number of hydrogen-bond donors (Lipinski definition) is 0. The summed E-state index contributed by atoms with van der Waals surface area (Å²) in [5.74, 6) is -0.784.